The van der Waals surface area contributed by atoms with E-state index in [2.05, 4.69) is 78.5 Å². The van der Waals surface area contributed by atoms with Crippen molar-refractivity contribution in [2.75, 3.05) is 33.1 Å². The van der Waals surface area contributed by atoms with Crippen LogP contribution in [0.5, 0.6) is 0 Å². The zero-order valence-electron chi connectivity index (χ0n) is 20.4. The maximum atomic E-state index is 5.12. The predicted octanol–water partition coefficient (Wildman–Crippen LogP) is 3.77. The standard InChI is InChI=1S/C17H19N2.C10H10N5.Ni/c1-18(2)16-9-5-14(6-10-16)13-15-7-11-17(12-8-15)19(3)4;1-2-5-9-12-14-10(15-13-9)8-6-3-4-7-11-8;/h5,7,9-13H,1-4H3;3-4,6-7H,1-2,5H2;/q2*-1;/b14-13-;;. The Bertz CT molecular complexity index is 1200. The molecule has 0 atom stereocenters. The summed E-state index contributed by atoms with van der Waals surface area (Å²) >= 11 is 5.12. The second-order valence-corrected chi connectivity index (χ2v) is 8.60. The maximum absolute atomic E-state index is 5.12. The quantitative estimate of drug-likeness (QED) is 0.370. The molecule has 2 aromatic heterocycles. The van der Waals surface area contributed by atoms with E-state index in [4.69, 9.17) is 15.0 Å². The SMILES string of the molecule is CN(C)C1=C[C](=[Ni])/C(=C\c2[c-]cc(N(C)C)cc2)C=C1.[CH2-]CCc1nnc(-c2ccccn2)nn1. The summed E-state index contributed by atoms with van der Waals surface area (Å²) in [7, 11) is 8.09. The van der Waals surface area contributed by atoms with Gasteiger partial charge >= 0.3 is 129 Å². The van der Waals surface area contributed by atoms with Crippen LogP contribution in [0.15, 0.2) is 72.1 Å². The number of benzene rings is 1. The molecule has 0 N–H and O–H groups in total. The zero-order chi connectivity index (χ0) is 25.2. The van der Waals surface area contributed by atoms with Crippen LogP contribution in [-0.4, -0.2) is 63.0 Å². The van der Waals surface area contributed by atoms with Gasteiger partial charge in [0.2, 0.25) is 5.82 Å². The van der Waals surface area contributed by atoms with Gasteiger partial charge in [0.05, 0.1) is 0 Å². The van der Waals surface area contributed by atoms with E-state index >= 15 is 0 Å². The van der Waals surface area contributed by atoms with Gasteiger partial charge in [-0.15, -0.1) is 20.4 Å². The molecular formula is C27H29N7Ni-2. The summed E-state index contributed by atoms with van der Waals surface area (Å²) in [6.07, 6.45) is 11.4. The fourth-order valence-corrected chi connectivity index (χ4v) is 3.26. The van der Waals surface area contributed by atoms with Crippen LogP contribution in [0.3, 0.4) is 0 Å². The van der Waals surface area contributed by atoms with E-state index in [9.17, 15) is 0 Å². The van der Waals surface area contributed by atoms with E-state index in [1.54, 1.807) is 6.20 Å². The summed E-state index contributed by atoms with van der Waals surface area (Å²) in [6, 6.07) is 14.9. The van der Waals surface area contributed by atoms with E-state index in [0.717, 1.165) is 33.4 Å². The third-order valence-corrected chi connectivity index (χ3v) is 5.36. The Morgan fingerprint density at radius 3 is 2.29 bits per heavy atom. The first-order chi connectivity index (χ1) is 16.9. The van der Waals surface area contributed by atoms with Crippen molar-refractivity contribution in [3.05, 3.63) is 96.5 Å². The number of hydrogen-bond acceptors (Lipinski definition) is 7. The smallest absolute Gasteiger partial charge is 0.221 e. The van der Waals surface area contributed by atoms with Crippen LogP contribution in [0.2, 0.25) is 0 Å². The first-order valence-corrected chi connectivity index (χ1v) is 11.6. The minimum atomic E-state index is 0.448. The predicted molar refractivity (Wildman–Crippen MR) is 138 cm³/mol. The van der Waals surface area contributed by atoms with Gasteiger partial charge in [0.25, 0.3) is 0 Å². The number of aryl methyl sites for hydroxylation is 1. The molecule has 0 fully saturated rings. The average Bonchev–Trinajstić information content (AvgIpc) is 2.87. The molecule has 0 aliphatic heterocycles. The summed E-state index contributed by atoms with van der Waals surface area (Å²) < 4.78 is 0.904. The van der Waals surface area contributed by atoms with E-state index in [0.29, 0.717) is 23.8 Å². The number of rotatable bonds is 6. The molecule has 35 heavy (non-hydrogen) atoms. The Balaban J connectivity index is 0.000000203. The topological polar surface area (TPSA) is 70.9 Å². The van der Waals surface area contributed by atoms with Crippen molar-refractivity contribution in [1.82, 2.24) is 30.3 Å². The molecule has 3 aromatic rings. The molecule has 0 saturated carbocycles. The van der Waals surface area contributed by atoms with Gasteiger partial charge in [-0.3, -0.25) is 4.98 Å². The van der Waals surface area contributed by atoms with Gasteiger partial charge in [-0.05, 0) is 18.6 Å². The first-order valence-electron chi connectivity index (χ1n) is 11.1. The second kappa shape index (κ2) is 12.8. The Hall–Kier alpha value is -3.51. The van der Waals surface area contributed by atoms with Crippen molar-refractivity contribution in [2.45, 2.75) is 12.8 Å². The van der Waals surface area contributed by atoms with Gasteiger partial charge in [-0.2, -0.15) is 6.42 Å². The van der Waals surface area contributed by atoms with Gasteiger partial charge in [0, 0.05) is 6.20 Å². The Labute approximate surface area is 215 Å². The number of likely N-dealkylation sites (N-methyl/N-ethyl adjacent to an activating group) is 1. The Kier molecular flexibility index (Phi) is 9.56. The monoisotopic (exact) mass is 509 g/mol. The van der Waals surface area contributed by atoms with Crippen molar-refractivity contribution < 1.29 is 15.0 Å². The molecule has 0 radical (unpaired) electrons. The molecule has 4 rings (SSSR count). The minimum absolute atomic E-state index is 0.448. The second-order valence-electron chi connectivity index (χ2n) is 8.07. The molecule has 8 heteroatoms. The van der Waals surface area contributed by atoms with Crippen molar-refractivity contribution in [3.8, 4) is 11.5 Å². The van der Waals surface area contributed by atoms with E-state index < -0.39 is 0 Å². The minimum Gasteiger partial charge on any atom is -0.343 e. The van der Waals surface area contributed by atoms with Gasteiger partial charge in [-0.25, -0.2) is 0 Å². The zero-order valence-corrected chi connectivity index (χ0v) is 21.4. The number of pyridine rings is 1. The number of aromatic nitrogens is 5. The van der Waals surface area contributed by atoms with Gasteiger partial charge < -0.3 is 6.92 Å². The normalized spacial score (nSPS) is 13.7. The maximum Gasteiger partial charge on any atom is 0.221 e. The van der Waals surface area contributed by atoms with E-state index in [1.165, 1.54) is 0 Å². The molecular weight excluding hydrogens is 481 g/mol. The first kappa shape index (κ1) is 26.1. The Morgan fingerprint density at radius 1 is 0.971 bits per heavy atom. The van der Waals surface area contributed by atoms with Crippen LogP contribution in [0.4, 0.5) is 5.69 Å². The molecule has 0 unspecified atom stereocenters. The molecule has 0 spiro atoms. The molecule has 1 aliphatic rings. The average molecular weight is 510 g/mol. The fraction of sp³-hybridized carbons (Fsp3) is 0.222. The molecule has 7 nitrogen and oxygen atoms in total. The third kappa shape index (κ3) is 7.76. The summed E-state index contributed by atoms with van der Waals surface area (Å²) in [6.45, 7) is 3.71. The summed E-state index contributed by atoms with van der Waals surface area (Å²) in [5, 5.41) is 15.8. The van der Waals surface area contributed by atoms with Crippen LogP contribution < -0.4 is 4.90 Å². The van der Waals surface area contributed by atoms with Gasteiger partial charge in [-0.1, -0.05) is 6.07 Å². The molecule has 1 aromatic carbocycles. The van der Waals surface area contributed by atoms with Crippen LogP contribution >= 0.6 is 0 Å². The van der Waals surface area contributed by atoms with E-state index in [-0.39, 0.29) is 0 Å². The number of anilines is 1. The number of nitrogens with zero attached hydrogens (tertiary/aromatic N) is 7. The molecule has 184 valence electrons. The van der Waals surface area contributed by atoms with Crippen molar-refractivity contribution in [2.24, 2.45) is 0 Å². The van der Waals surface area contributed by atoms with Crippen LogP contribution in [0, 0.1) is 13.0 Å². The van der Waals surface area contributed by atoms with Crippen molar-refractivity contribution in [1.29, 1.82) is 0 Å². The Morgan fingerprint density at radius 2 is 1.74 bits per heavy atom. The molecule has 0 saturated heterocycles. The van der Waals surface area contributed by atoms with Crippen LogP contribution in [0.25, 0.3) is 17.6 Å². The molecule has 0 bridgehead atoms. The van der Waals surface area contributed by atoms with Gasteiger partial charge in [0.1, 0.15) is 5.69 Å². The number of hydrogen-bond donors (Lipinski definition) is 0. The third-order valence-electron chi connectivity index (χ3n) is 4.94. The molecule has 1 aliphatic carbocycles. The summed E-state index contributed by atoms with van der Waals surface area (Å²) in [4.78, 5) is 8.23. The van der Waals surface area contributed by atoms with E-state index in [1.807, 2.05) is 58.5 Å². The molecule has 2 heterocycles. The fourth-order valence-electron chi connectivity index (χ4n) is 2.96. The van der Waals surface area contributed by atoms with Gasteiger partial charge in [0.15, 0.2) is 5.82 Å². The molecule has 0 amide bonds. The van der Waals surface area contributed by atoms with Crippen molar-refractivity contribution in [3.63, 3.8) is 0 Å². The number of allylic oxidation sites excluding steroid dienone is 4. The van der Waals surface area contributed by atoms with Crippen LogP contribution in [-0.2, 0) is 21.5 Å². The van der Waals surface area contributed by atoms with Crippen molar-refractivity contribution >= 4 is 16.3 Å². The summed E-state index contributed by atoms with van der Waals surface area (Å²) in [5.74, 6) is 1.06. The summed E-state index contributed by atoms with van der Waals surface area (Å²) in [5.41, 5.74) is 5.08. The van der Waals surface area contributed by atoms with Crippen LogP contribution in [0.1, 0.15) is 17.8 Å². The largest absolute Gasteiger partial charge is 0.343 e.